The van der Waals surface area contributed by atoms with Crippen LogP contribution in [-0.2, 0) is 6.54 Å². The first-order valence-corrected chi connectivity index (χ1v) is 14.3. The van der Waals surface area contributed by atoms with E-state index in [4.69, 9.17) is 0 Å². The van der Waals surface area contributed by atoms with E-state index >= 15 is 0 Å². The number of likely N-dealkylation sites (tertiary alicyclic amines) is 1. The summed E-state index contributed by atoms with van der Waals surface area (Å²) in [6.45, 7) is 3.60. The van der Waals surface area contributed by atoms with Crippen LogP contribution < -0.4 is 5.32 Å². The van der Waals surface area contributed by atoms with Gasteiger partial charge in [-0.15, -0.1) is 0 Å². The number of piperidine rings is 1. The average Bonchev–Trinajstić information content (AvgIpc) is 3.46. The van der Waals surface area contributed by atoms with Gasteiger partial charge >= 0.3 is 0 Å². The van der Waals surface area contributed by atoms with Crippen molar-refractivity contribution in [3.8, 4) is 11.1 Å². The van der Waals surface area contributed by atoms with Crippen molar-refractivity contribution in [1.82, 2.24) is 14.9 Å². The monoisotopic (exact) mass is 504 g/mol. The van der Waals surface area contributed by atoms with Gasteiger partial charge in [0.15, 0.2) is 0 Å². The van der Waals surface area contributed by atoms with Gasteiger partial charge in [-0.1, -0.05) is 61.7 Å². The molecule has 0 radical (unpaired) electrons. The Bertz CT molecular complexity index is 1400. The van der Waals surface area contributed by atoms with Gasteiger partial charge in [0.2, 0.25) is 0 Å². The maximum Gasteiger partial charge on any atom is 0.141 e. The quantitative estimate of drug-likeness (QED) is 0.291. The first-order chi connectivity index (χ1) is 18.7. The van der Waals surface area contributed by atoms with E-state index in [1.54, 1.807) is 6.33 Å². The summed E-state index contributed by atoms with van der Waals surface area (Å²) in [4.78, 5) is 11.6. The number of hydrogen-bond acceptors (Lipinski definition) is 5. The Kier molecular flexibility index (Phi) is 6.34. The number of aromatic nitrogens is 2. The lowest BCUT2D eigenvalue weighted by molar-refractivity contribution is 0.217. The number of nitrogens with zero attached hydrogens (tertiary/aromatic N) is 3. The second-order valence-corrected chi connectivity index (χ2v) is 11.6. The Morgan fingerprint density at radius 2 is 1.55 bits per heavy atom. The van der Waals surface area contributed by atoms with Crippen molar-refractivity contribution in [2.24, 2.45) is 17.8 Å². The number of hydrogen-bond donors (Lipinski definition) is 2. The van der Waals surface area contributed by atoms with Crippen molar-refractivity contribution < 1.29 is 5.11 Å². The van der Waals surface area contributed by atoms with Crippen LogP contribution in [0.25, 0.3) is 22.0 Å². The molecule has 0 bridgehead atoms. The summed E-state index contributed by atoms with van der Waals surface area (Å²) >= 11 is 0. The first-order valence-electron chi connectivity index (χ1n) is 14.3. The fourth-order valence-corrected chi connectivity index (χ4v) is 6.94. The lowest BCUT2D eigenvalue weighted by atomic mass is 9.84. The fraction of sp³-hybridized carbons (Fsp3) is 0.394. The second-order valence-electron chi connectivity index (χ2n) is 11.6. The molecule has 38 heavy (non-hydrogen) atoms. The highest BCUT2D eigenvalue weighted by molar-refractivity contribution is 5.93. The third kappa shape index (κ3) is 4.70. The van der Waals surface area contributed by atoms with Crippen LogP contribution in [0.5, 0.6) is 0 Å². The molecule has 2 unspecified atom stereocenters. The summed E-state index contributed by atoms with van der Waals surface area (Å²) in [5, 5.41) is 14.0. The van der Waals surface area contributed by atoms with Gasteiger partial charge in [-0.25, -0.2) is 9.97 Å². The number of aliphatic hydroxyl groups excluding tert-OH is 1. The lowest BCUT2D eigenvalue weighted by Gasteiger charge is -2.22. The van der Waals surface area contributed by atoms with Gasteiger partial charge < -0.3 is 10.4 Å². The maximum atomic E-state index is 9.41. The molecule has 2 aliphatic carbocycles. The normalized spacial score (nSPS) is 23.4. The van der Waals surface area contributed by atoms with Gasteiger partial charge in [-0.2, -0.15) is 0 Å². The van der Waals surface area contributed by atoms with Crippen molar-refractivity contribution >= 4 is 22.4 Å². The van der Waals surface area contributed by atoms with Crippen molar-refractivity contribution in [1.29, 1.82) is 0 Å². The summed E-state index contributed by atoms with van der Waals surface area (Å²) in [5.41, 5.74) is 7.18. The summed E-state index contributed by atoms with van der Waals surface area (Å²) in [7, 11) is 0. The average molecular weight is 505 g/mol. The first kappa shape index (κ1) is 23.8. The Morgan fingerprint density at radius 1 is 0.816 bits per heavy atom. The van der Waals surface area contributed by atoms with E-state index in [-0.39, 0.29) is 0 Å². The predicted molar refractivity (Wildman–Crippen MR) is 153 cm³/mol. The topological polar surface area (TPSA) is 61.3 Å². The molecule has 3 aromatic carbocycles. The molecule has 2 saturated carbocycles. The van der Waals surface area contributed by atoms with Crippen molar-refractivity contribution in [3.63, 3.8) is 0 Å². The maximum absolute atomic E-state index is 9.41. The number of nitrogens with one attached hydrogen (secondary N) is 1. The summed E-state index contributed by atoms with van der Waals surface area (Å²) in [6, 6.07) is 24.3. The van der Waals surface area contributed by atoms with Gasteiger partial charge in [-0.3, -0.25) is 4.90 Å². The van der Waals surface area contributed by atoms with Crippen LogP contribution in [0, 0.1) is 17.8 Å². The minimum absolute atomic E-state index is 0.360. The molecule has 2 heterocycles. The van der Waals surface area contributed by atoms with Crippen LogP contribution in [0.3, 0.4) is 0 Å². The number of benzene rings is 3. The Morgan fingerprint density at radius 3 is 2.29 bits per heavy atom. The standard InChI is InChI=1S/C33H36N4O/c38-20-31-29-18-37(19-30(29)31)17-22-6-8-25(9-7-22)26-12-15-32-28(16-26)33(35-21-34-32)36-27-13-10-24(11-14-27)23-4-2-1-3-5-23/h6-16,21,23,29-31,38H,1-5,17-20H2,(H,34,35,36). The van der Waals surface area contributed by atoms with Crippen LogP contribution >= 0.6 is 0 Å². The lowest BCUT2D eigenvalue weighted by Crippen LogP contribution is -2.24. The van der Waals surface area contributed by atoms with E-state index in [0.717, 1.165) is 53.9 Å². The highest BCUT2D eigenvalue weighted by atomic mass is 16.3. The SMILES string of the molecule is OCC1C2CN(Cc3ccc(-c4ccc5ncnc(Nc6ccc(C7CCCCC7)cc6)c5c4)cc3)CC12. The molecule has 7 rings (SSSR count). The molecular weight excluding hydrogens is 468 g/mol. The molecule has 5 nitrogen and oxygen atoms in total. The minimum Gasteiger partial charge on any atom is -0.396 e. The van der Waals surface area contributed by atoms with Crippen molar-refractivity contribution in [3.05, 3.63) is 84.2 Å². The Hall–Kier alpha value is -3.28. The number of aliphatic hydroxyl groups is 1. The highest BCUT2D eigenvalue weighted by Gasteiger charge is 2.54. The largest absolute Gasteiger partial charge is 0.396 e. The summed E-state index contributed by atoms with van der Waals surface area (Å²) in [5.74, 6) is 3.55. The molecule has 194 valence electrons. The highest BCUT2D eigenvalue weighted by Crippen LogP contribution is 2.51. The molecule has 1 aromatic heterocycles. The molecule has 3 fully saturated rings. The Balaban J connectivity index is 1.06. The molecule has 2 atom stereocenters. The number of fused-ring (bicyclic) bond motifs is 2. The van der Waals surface area contributed by atoms with Crippen LogP contribution in [0.1, 0.15) is 49.1 Å². The van der Waals surface area contributed by atoms with Gasteiger partial charge in [-0.05, 0) is 83.0 Å². The van der Waals surface area contributed by atoms with Gasteiger partial charge in [0.25, 0.3) is 0 Å². The number of rotatable bonds is 7. The zero-order valence-electron chi connectivity index (χ0n) is 21.9. The molecule has 4 aromatic rings. The second kappa shape index (κ2) is 10.1. The molecule has 0 spiro atoms. The van der Waals surface area contributed by atoms with Crippen LogP contribution in [0.4, 0.5) is 11.5 Å². The van der Waals surface area contributed by atoms with E-state index in [1.807, 2.05) is 0 Å². The van der Waals surface area contributed by atoms with E-state index < -0.39 is 0 Å². The third-order valence-electron chi connectivity index (χ3n) is 9.24. The van der Waals surface area contributed by atoms with Gasteiger partial charge in [0, 0.05) is 37.3 Å². The summed E-state index contributed by atoms with van der Waals surface area (Å²) in [6.07, 6.45) is 8.37. The molecule has 0 amide bonds. The van der Waals surface area contributed by atoms with E-state index in [1.165, 1.54) is 54.4 Å². The zero-order valence-corrected chi connectivity index (χ0v) is 21.9. The molecule has 5 heteroatoms. The minimum atomic E-state index is 0.360. The molecule has 2 N–H and O–H groups in total. The van der Waals surface area contributed by atoms with E-state index in [0.29, 0.717) is 18.4 Å². The number of anilines is 2. The smallest absolute Gasteiger partial charge is 0.141 e. The third-order valence-corrected chi connectivity index (χ3v) is 9.24. The van der Waals surface area contributed by atoms with Crippen LogP contribution in [0.2, 0.25) is 0 Å². The van der Waals surface area contributed by atoms with Crippen molar-refractivity contribution in [2.45, 2.75) is 44.6 Å². The van der Waals surface area contributed by atoms with Crippen LogP contribution in [-0.4, -0.2) is 39.7 Å². The summed E-state index contributed by atoms with van der Waals surface area (Å²) < 4.78 is 0. The van der Waals surface area contributed by atoms with Gasteiger partial charge in [0.1, 0.15) is 12.1 Å². The van der Waals surface area contributed by atoms with Gasteiger partial charge in [0.05, 0.1) is 5.52 Å². The fourth-order valence-electron chi connectivity index (χ4n) is 6.94. The van der Waals surface area contributed by atoms with Crippen LogP contribution in [0.15, 0.2) is 73.1 Å². The predicted octanol–water partition coefficient (Wildman–Crippen LogP) is 6.76. The zero-order chi connectivity index (χ0) is 25.5. The van der Waals surface area contributed by atoms with Crippen molar-refractivity contribution in [2.75, 3.05) is 25.0 Å². The molecular formula is C33H36N4O. The molecule has 1 saturated heterocycles. The Labute approximate surface area is 224 Å². The molecule has 3 aliphatic rings. The molecule has 1 aliphatic heterocycles. The van der Waals surface area contributed by atoms with E-state index in [2.05, 4.69) is 86.9 Å². The van der Waals surface area contributed by atoms with E-state index in [9.17, 15) is 5.11 Å².